The first kappa shape index (κ1) is 83.1. The smallest absolute Gasteiger partial charge is 0.0908 e. The second-order valence-corrected chi connectivity index (χ2v) is 27.4. The van der Waals surface area contributed by atoms with Crippen molar-refractivity contribution in [1.29, 1.82) is 0 Å². The summed E-state index contributed by atoms with van der Waals surface area (Å²) < 4.78 is 0. The van der Waals surface area contributed by atoms with Crippen molar-refractivity contribution in [3.05, 3.63) is 263 Å². The molecular formula is C96H126Si. The zero-order chi connectivity index (χ0) is 72.4. The fraction of sp³-hybridized carbons (Fsp3) is 0.333. The number of hydrogen-bond donors (Lipinski definition) is 0. The zero-order valence-electron chi connectivity index (χ0n) is 65.5. The van der Waals surface area contributed by atoms with E-state index in [-0.39, 0.29) is 0 Å². The average Bonchev–Trinajstić information content (AvgIpc) is 1.70. The summed E-state index contributed by atoms with van der Waals surface area (Å²) in [5.41, 5.74) is 16.6. The Labute approximate surface area is 592 Å². The van der Waals surface area contributed by atoms with Gasteiger partial charge in [0.2, 0.25) is 0 Å². The van der Waals surface area contributed by atoms with Crippen LogP contribution in [-0.2, 0) is 5.41 Å². The summed E-state index contributed by atoms with van der Waals surface area (Å²) in [6.45, 7) is 53.4. The Balaban J connectivity index is 0.000000301. The SMILES string of the molecule is CC.CC.CC.CC.CC.CC.CC.CC.CC.CC.C[Si]1(C)C=CC=C1.Cc1cc2ccc3cccc4ccc(c1)c2c34.Cc1cc2cccc3ccc4cccc1c4c32.Cc1ccc2c(c1)-c1ccccc1C21CCCCC1.Cc1ccc2ccc3cccc4ccc1c2c34. The van der Waals surface area contributed by atoms with Gasteiger partial charge in [-0.2, -0.15) is 0 Å². The third-order valence-electron chi connectivity index (χ3n) is 17.4. The lowest BCUT2D eigenvalue weighted by atomic mass is 9.68. The molecule has 14 aromatic carbocycles. The molecule has 0 nitrogen and oxygen atoms in total. The lowest BCUT2D eigenvalue weighted by Gasteiger charge is -2.35. The van der Waals surface area contributed by atoms with E-state index in [9.17, 15) is 0 Å². The van der Waals surface area contributed by atoms with Gasteiger partial charge in [0.25, 0.3) is 0 Å². The maximum Gasteiger partial charge on any atom is 0.0954 e. The van der Waals surface area contributed by atoms with Crippen LogP contribution < -0.4 is 0 Å². The van der Waals surface area contributed by atoms with Gasteiger partial charge in [-0.25, -0.2) is 0 Å². The van der Waals surface area contributed by atoms with Crippen molar-refractivity contribution in [3.63, 3.8) is 0 Å². The molecule has 0 amide bonds. The molecular weight excluding hydrogens is 1180 g/mol. The maximum atomic E-state index is 2.40. The van der Waals surface area contributed by atoms with E-state index < -0.39 is 8.07 Å². The van der Waals surface area contributed by atoms with E-state index in [4.69, 9.17) is 0 Å². The number of rotatable bonds is 0. The van der Waals surface area contributed by atoms with Crippen LogP contribution in [0.5, 0.6) is 0 Å². The summed E-state index contributed by atoms with van der Waals surface area (Å²) in [6, 6.07) is 75.9. The number of fused-ring (bicyclic) bond motifs is 5. The highest BCUT2D eigenvalue weighted by molar-refractivity contribution is 6.87. The number of aryl methyl sites for hydroxylation is 4. The molecule has 0 radical (unpaired) electrons. The zero-order valence-corrected chi connectivity index (χ0v) is 66.5. The van der Waals surface area contributed by atoms with Gasteiger partial charge in [0, 0.05) is 5.41 Å². The van der Waals surface area contributed by atoms with E-state index in [0.717, 1.165) is 0 Å². The normalized spacial score (nSPS) is 12.3. The molecule has 0 bridgehead atoms. The third kappa shape index (κ3) is 19.0. The molecule has 0 N–H and O–H groups in total. The largest absolute Gasteiger partial charge is 0.0954 e. The Morgan fingerprint density at radius 1 is 0.258 bits per heavy atom. The van der Waals surface area contributed by atoms with Crippen molar-refractivity contribution in [2.24, 2.45) is 0 Å². The Bertz CT molecular complexity index is 4410. The van der Waals surface area contributed by atoms with E-state index in [1.165, 1.54) is 162 Å². The van der Waals surface area contributed by atoms with Gasteiger partial charge in [-0.3, -0.25) is 0 Å². The van der Waals surface area contributed by atoms with E-state index in [1.807, 2.05) is 138 Å². The predicted octanol–water partition coefficient (Wildman–Crippen LogP) is 32.1. The van der Waals surface area contributed by atoms with Gasteiger partial charge in [0.1, 0.15) is 0 Å². The van der Waals surface area contributed by atoms with Crippen molar-refractivity contribution in [3.8, 4) is 11.1 Å². The number of allylic oxidation sites excluding steroid dienone is 2. The molecule has 97 heavy (non-hydrogen) atoms. The summed E-state index contributed by atoms with van der Waals surface area (Å²) in [5.74, 6) is 0. The van der Waals surface area contributed by atoms with Gasteiger partial charge in [0.15, 0.2) is 0 Å². The molecule has 0 saturated heterocycles. The van der Waals surface area contributed by atoms with E-state index in [1.54, 1.807) is 11.1 Å². The van der Waals surface area contributed by atoms with Crippen molar-refractivity contribution < 1.29 is 0 Å². The molecule has 0 atom stereocenters. The summed E-state index contributed by atoms with van der Waals surface area (Å²) in [5, 5.41) is 24.7. The number of benzene rings is 14. The van der Waals surface area contributed by atoms with Gasteiger partial charge >= 0.3 is 0 Å². The second-order valence-electron chi connectivity index (χ2n) is 23.1. The van der Waals surface area contributed by atoms with E-state index in [2.05, 4.69) is 271 Å². The molecule has 1 spiro atoms. The van der Waals surface area contributed by atoms with Gasteiger partial charge in [-0.05, 0) is 176 Å². The first-order chi connectivity index (χ1) is 47.5. The van der Waals surface area contributed by atoms with Crippen molar-refractivity contribution >= 4 is 105 Å². The highest BCUT2D eigenvalue weighted by atomic mass is 28.3. The molecule has 1 heterocycles. The fourth-order valence-corrected chi connectivity index (χ4v) is 15.0. The predicted molar refractivity (Wildman–Crippen MR) is 454 cm³/mol. The molecule has 1 aliphatic heterocycles. The van der Waals surface area contributed by atoms with Crippen molar-refractivity contribution in [1.82, 2.24) is 0 Å². The standard InChI is InChI=1S/C19H20.3C17H12.C6H10Si.10C2H6/c1-14-9-10-18-16(13-14)15-7-3-4-8-17(15)19(18)11-5-2-6-12-19;1-11-10-14-6-2-4-12-8-9-13-5-3-7-15(11)17(13)16(12)14;1-11-9-14-7-5-12-3-2-4-13-6-8-15(10-11)17(14)16(12)13;1-11-5-6-14-8-7-12-3-2-4-13-9-10-15(11)17(14)16(12)13;1-7(2)5-3-4-6-7;10*1-2/h3-4,7-10,13H,2,5-6,11-12H2,1H3;3*2-10H,1H3;3-6H,1-2H3;10*1-2H3. The summed E-state index contributed by atoms with van der Waals surface area (Å²) in [7, 11) is -0.901. The van der Waals surface area contributed by atoms with Crippen LogP contribution in [0.3, 0.4) is 0 Å². The van der Waals surface area contributed by atoms with E-state index >= 15 is 0 Å². The topological polar surface area (TPSA) is 0 Å². The van der Waals surface area contributed by atoms with Gasteiger partial charge in [-0.1, -0.05) is 406 Å². The highest BCUT2D eigenvalue weighted by Gasteiger charge is 2.43. The third-order valence-corrected chi connectivity index (χ3v) is 19.5. The summed E-state index contributed by atoms with van der Waals surface area (Å²) >= 11 is 0. The summed E-state index contributed by atoms with van der Waals surface area (Å²) in [6.07, 6.45) is 11.1. The van der Waals surface area contributed by atoms with Crippen LogP contribution in [0.1, 0.15) is 204 Å². The minimum Gasteiger partial charge on any atom is -0.0908 e. The van der Waals surface area contributed by atoms with Crippen LogP contribution in [0.2, 0.25) is 13.1 Å². The van der Waals surface area contributed by atoms with Crippen molar-refractivity contribution in [2.75, 3.05) is 0 Å². The van der Waals surface area contributed by atoms with Crippen LogP contribution >= 0.6 is 0 Å². The molecule has 514 valence electrons. The first-order valence-electron chi connectivity index (χ1n) is 38.0. The van der Waals surface area contributed by atoms with Crippen LogP contribution in [0.4, 0.5) is 0 Å². The van der Waals surface area contributed by atoms with Crippen LogP contribution in [0, 0.1) is 27.7 Å². The Morgan fingerprint density at radius 2 is 0.598 bits per heavy atom. The fourth-order valence-electron chi connectivity index (χ4n) is 13.7. The first-order valence-corrected chi connectivity index (χ1v) is 41.2. The van der Waals surface area contributed by atoms with Crippen LogP contribution in [0.15, 0.2) is 230 Å². The van der Waals surface area contributed by atoms with Gasteiger partial charge in [-0.15, -0.1) is 0 Å². The monoisotopic (exact) mass is 1310 g/mol. The molecule has 1 saturated carbocycles. The van der Waals surface area contributed by atoms with E-state index in [0.29, 0.717) is 5.41 Å². The molecule has 0 aromatic heterocycles. The van der Waals surface area contributed by atoms with Crippen LogP contribution in [0.25, 0.3) is 108 Å². The van der Waals surface area contributed by atoms with Crippen molar-refractivity contribution in [2.45, 2.75) is 217 Å². The number of hydrogen-bond acceptors (Lipinski definition) is 0. The molecule has 3 aliphatic rings. The quantitative estimate of drug-likeness (QED) is 0.105. The maximum absolute atomic E-state index is 2.40. The molecule has 1 fully saturated rings. The Kier molecular flexibility index (Phi) is 36.5. The highest BCUT2D eigenvalue weighted by Crippen LogP contribution is 2.55. The summed E-state index contributed by atoms with van der Waals surface area (Å²) in [4.78, 5) is 0. The molecule has 17 rings (SSSR count). The molecule has 14 aromatic rings. The molecule has 2 aliphatic carbocycles. The second kappa shape index (κ2) is 42.5. The lowest BCUT2D eigenvalue weighted by Crippen LogP contribution is -2.27. The minimum atomic E-state index is -0.901. The van der Waals surface area contributed by atoms with Gasteiger partial charge < -0.3 is 0 Å². The molecule has 0 unspecified atom stereocenters. The minimum absolute atomic E-state index is 0.331. The Hall–Kier alpha value is -8.10. The lowest BCUT2D eigenvalue weighted by molar-refractivity contribution is 0.353. The average molecular weight is 1310 g/mol. The Morgan fingerprint density at radius 3 is 1.06 bits per heavy atom. The van der Waals surface area contributed by atoms with Crippen LogP contribution in [-0.4, -0.2) is 8.07 Å². The van der Waals surface area contributed by atoms with Gasteiger partial charge in [0.05, 0.1) is 8.07 Å². The molecule has 1 heteroatoms.